The molecule has 0 heterocycles. The number of carbonyl (C=O) groups is 2. The van der Waals surface area contributed by atoms with Gasteiger partial charge in [-0.15, -0.1) is 0 Å². The molecular formula is C19H22N2O3. The number of benzene rings is 2. The minimum Gasteiger partial charge on any atom is -0.380 e. The second-order valence-corrected chi connectivity index (χ2v) is 5.59. The third-order valence-corrected chi connectivity index (χ3v) is 3.87. The van der Waals surface area contributed by atoms with Gasteiger partial charge in [-0.1, -0.05) is 42.5 Å². The van der Waals surface area contributed by atoms with Crippen molar-refractivity contribution in [3.8, 4) is 0 Å². The number of ether oxygens (including phenoxy) is 1. The zero-order valence-corrected chi connectivity index (χ0v) is 14.2. The van der Waals surface area contributed by atoms with E-state index < -0.39 is 11.8 Å². The van der Waals surface area contributed by atoms with Crippen LogP contribution in [0.4, 0.5) is 5.69 Å². The summed E-state index contributed by atoms with van der Waals surface area (Å²) in [6.45, 7) is 2.34. The Labute approximate surface area is 142 Å². The number of nitrogens with zero attached hydrogens (tertiary/aromatic N) is 1. The zero-order valence-electron chi connectivity index (χ0n) is 14.2. The SMILES string of the molecule is COCc1cccc(NC(=O)C(=O)N(C)[C@H](C)c2ccccc2)c1. The van der Waals surface area contributed by atoms with Crippen LogP contribution < -0.4 is 5.32 Å². The molecule has 0 aliphatic heterocycles. The molecule has 0 saturated heterocycles. The van der Waals surface area contributed by atoms with Gasteiger partial charge in [-0.3, -0.25) is 9.59 Å². The number of carbonyl (C=O) groups excluding carboxylic acids is 2. The van der Waals surface area contributed by atoms with Crippen molar-refractivity contribution in [1.29, 1.82) is 0 Å². The maximum Gasteiger partial charge on any atom is 0.313 e. The summed E-state index contributed by atoms with van der Waals surface area (Å²) in [5.74, 6) is -1.24. The van der Waals surface area contributed by atoms with Gasteiger partial charge in [0, 0.05) is 19.8 Å². The van der Waals surface area contributed by atoms with Crippen LogP contribution in [-0.2, 0) is 20.9 Å². The van der Waals surface area contributed by atoms with E-state index in [9.17, 15) is 9.59 Å². The van der Waals surface area contributed by atoms with Gasteiger partial charge in [0.2, 0.25) is 0 Å². The van der Waals surface area contributed by atoms with Crippen molar-refractivity contribution >= 4 is 17.5 Å². The summed E-state index contributed by atoms with van der Waals surface area (Å²) in [6.07, 6.45) is 0. The molecule has 5 nitrogen and oxygen atoms in total. The highest BCUT2D eigenvalue weighted by atomic mass is 16.5. The van der Waals surface area contributed by atoms with Gasteiger partial charge in [-0.2, -0.15) is 0 Å². The number of nitrogens with one attached hydrogen (secondary N) is 1. The van der Waals surface area contributed by atoms with E-state index in [-0.39, 0.29) is 6.04 Å². The Hall–Kier alpha value is -2.66. The molecule has 126 valence electrons. The lowest BCUT2D eigenvalue weighted by molar-refractivity contribution is -0.143. The lowest BCUT2D eigenvalue weighted by Gasteiger charge is -2.24. The van der Waals surface area contributed by atoms with Crippen molar-refractivity contribution in [3.63, 3.8) is 0 Å². The molecule has 0 fully saturated rings. The lowest BCUT2D eigenvalue weighted by Crippen LogP contribution is -2.38. The standard InChI is InChI=1S/C19H22N2O3/c1-14(16-9-5-4-6-10-16)21(2)19(23)18(22)20-17-11-7-8-15(12-17)13-24-3/h4-12,14H,13H2,1-3H3,(H,20,22)/t14-/m1/s1. The molecule has 1 atom stereocenters. The Morgan fingerprint density at radius 2 is 1.83 bits per heavy atom. The van der Waals surface area contributed by atoms with Crippen molar-refractivity contribution < 1.29 is 14.3 Å². The van der Waals surface area contributed by atoms with Crippen LogP contribution in [0.1, 0.15) is 24.1 Å². The van der Waals surface area contributed by atoms with Gasteiger partial charge in [0.1, 0.15) is 0 Å². The molecule has 5 heteroatoms. The molecule has 0 spiro atoms. The first-order valence-electron chi connectivity index (χ1n) is 7.74. The Kier molecular flexibility index (Phi) is 6.09. The van der Waals surface area contributed by atoms with Gasteiger partial charge in [0.05, 0.1) is 12.6 Å². The molecular weight excluding hydrogens is 304 g/mol. The first kappa shape index (κ1) is 17.7. The van der Waals surface area contributed by atoms with Gasteiger partial charge in [-0.25, -0.2) is 0 Å². The van der Waals surface area contributed by atoms with Gasteiger partial charge >= 0.3 is 11.8 Å². The summed E-state index contributed by atoms with van der Waals surface area (Å²) in [6, 6.07) is 16.6. The van der Waals surface area contributed by atoms with Crippen molar-refractivity contribution in [2.75, 3.05) is 19.5 Å². The highest BCUT2D eigenvalue weighted by molar-refractivity contribution is 6.39. The monoisotopic (exact) mass is 326 g/mol. The number of hydrogen-bond donors (Lipinski definition) is 1. The van der Waals surface area contributed by atoms with E-state index in [0.717, 1.165) is 11.1 Å². The normalized spacial score (nSPS) is 11.6. The molecule has 1 N–H and O–H groups in total. The Bertz CT molecular complexity index is 701. The number of anilines is 1. The Morgan fingerprint density at radius 1 is 1.12 bits per heavy atom. The average Bonchev–Trinajstić information content (AvgIpc) is 2.61. The van der Waals surface area contributed by atoms with Crippen LogP contribution in [0.25, 0.3) is 0 Å². The number of rotatable bonds is 5. The quantitative estimate of drug-likeness (QED) is 0.859. The van der Waals surface area contributed by atoms with Gasteiger partial charge in [0.15, 0.2) is 0 Å². The zero-order chi connectivity index (χ0) is 17.5. The third kappa shape index (κ3) is 4.43. The molecule has 0 aromatic heterocycles. The fraction of sp³-hybridized carbons (Fsp3) is 0.263. The lowest BCUT2D eigenvalue weighted by atomic mass is 10.1. The average molecular weight is 326 g/mol. The van der Waals surface area contributed by atoms with E-state index in [1.165, 1.54) is 4.90 Å². The maximum atomic E-state index is 12.4. The third-order valence-electron chi connectivity index (χ3n) is 3.87. The van der Waals surface area contributed by atoms with Gasteiger partial charge < -0.3 is 15.0 Å². The molecule has 2 aromatic carbocycles. The molecule has 2 rings (SSSR count). The largest absolute Gasteiger partial charge is 0.380 e. The summed E-state index contributed by atoms with van der Waals surface area (Å²) < 4.78 is 5.07. The number of likely N-dealkylation sites (N-methyl/N-ethyl adjacent to an activating group) is 1. The number of methoxy groups -OCH3 is 1. The van der Waals surface area contributed by atoms with E-state index in [1.54, 1.807) is 26.3 Å². The molecule has 2 aromatic rings. The van der Waals surface area contributed by atoms with Gasteiger partial charge in [0.25, 0.3) is 0 Å². The van der Waals surface area contributed by atoms with Crippen molar-refractivity contribution in [2.45, 2.75) is 19.6 Å². The minimum atomic E-state index is -0.658. The van der Waals surface area contributed by atoms with Crippen LogP contribution in [0, 0.1) is 0 Å². The molecule has 2 amide bonds. The first-order valence-corrected chi connectivity index (χ1v) is 7.74. The Morgan fingerprint density at radius 3 is 2.50 bits per heavy atom. The van der Waals surface area contributed by atoms with E-state index >= 15 is 0 Å². The van der Waals surface area contributed by atoms with Crippen LogP contribution >= 0.6 is 0 Å². The van der Waals surface area contributed by atoms with E-state index in [0.29, 0.717) is 12.3 Å². The predicted octanol–water partition coefficient (Wildman–Crippen LogP) is 2.99. The fourth-order valence-electron chi connectivity index (χ4n) is 2.38. The van der Waals surface area contributed by atoms with E-state index in [4.69, 9.17) is 4.74 Å². The molecule has 0 aliphatic rings. The van der Waals surface area contributed by atoms with E-state index in [2.05, 4.69) is 5.32 Å². The Balaban J connectivity index is 2.03. The van der Waals surface area contributed by atoms with Crippen LogP contribution in [0.3, 0.4) is 0 Å². The van der Waals surface area contributed by atoms with Crippen LogP contribution in [0.15, 0.2) is 54.6 Å². The molecule has 0 unspecified atom stereocenters. The maximum absolute atomic E-state index is 12.4. The summed E-state index contributed by atoms with van der Waals surface area (Å²) >= 11 is 0. The summed E-state index contributed by atoms with van der Waals surface area (Å²) in [5, 5.41) is 2.64. The van der Waals surface area contributed by atoms with E-state index in [1.807, 2.05) is 49.4 Å². The first-order chi connectivity index (χ1) is 11.5. The van der Waals surface area contributed by atoms with Crippen LogP contribution in [-0.4, -0.2) is 30.9 Å². The molecule has 0 bridgehead atoms. The molecule has 0 saturated carbocycles. The summed E-state index contributed by atoms with van der Waals surface area (Å²) in [7, 11) is 3.23. The van der Waals surface area contributed by atoms with Crippen LogP contribution in [0.5, 0.6) is 0 Å². The predicted molar refractivity (Wildman–Crippen MR) is 93.4 cm³/mol. The number of amides is 2. The smallest absolute Gasteiger partial charge is 0.313 e. The molecule has 0 radical (unpaired) electrons. The highest BCUT2D eigenvalue weighted by Gasteiger charge is 2.23. The highest BCUT2D eigenvalue weighted by Crippen LogP contribution is 2.19. The second-order valence-electron chi connectivity index (χ2n) is 5.59. The van der Waals surface area contributed by atoms with Gasteiger partial charge in [-0.05, 0) is 30.2 Å². The van der Waals surface area contributed by atoms with Crippen molar-refractivity contribution in [2.24, 2.45) is 0 Å². The molecule has 0 aliphatic carbocycles. The topological polar surface area (TPSA) is 58.6 Å². The number of hydrogen-bond acceptors (Lipinski definition) is 3. The van der Waals surface area contributed by atoms with Crippen molar-refractivity contribution in [1.82, 2.24) is 4.90 Å². The minimum absolute atomic E-state index is 0.190. The second kappa shape index (κ2) is 8.26. The van der Waals surface area contributed by atoms with Crippen molar-refractivity contribution in [3.05, 3.63) is 65.7 Å². The van der Waals surface area contributed by atoms with Crippen LogP contribution in [0.2, 0.25) is 0 Å². The fourth-order valence-corrected chi connectivity index (χ4v) is 2.38. The molecule has 24 heavy (non-hydrogen) atoms. The summed E-state index contributed by atoms with van der Waals surface area (Å²) in [5.41, 5.74) is 2.47. The summed E-state index contributed by atoms with van der Waals surface area (Å²) in [4.78, 5) is 26.0.